The lowest BCUT2D eigenvalue weighted by Gasteiger charge is -2.09. The Morgan fingerprint density at radius 3 is 2.87 bits per heavy atom. The largest absolute Gasteiger partial charge is 0.480 e. The normalized spacial score (nSPS) is 12.5. The van der Waals surface area contributed by atoms with E-state index in [-0.39, 0.29) is 5.02 Å². The zero-order valence-corrected chi connectivity index (χ0v) is 8.88. The molecule has 0 aromatic heterocycles. The first-order chi connectivity index (χ1) is 7.00. The van der Waals surface area contributed by atoms with Gasteiger partial charge in [0.1, 0.15) is 11.9 Å². The van der Waals surface area contributed by atoms with Gasteiger partial charge in [-0.2, -0.15) is 0 Å². The van der Waals surface area contributed by atoms with Gasteiger partial charge in [0.05, 0.1) is 5.02 Å². The maximum atomic E-state index is 12.8. The number of rotatable bonds is 4. The molecule has 1 aromatic carbocycles. The summed E-state index contributed by atoms with van der Waals surface area (Å²) in [5, 5.41) is 11.4. The van der Waals surface area contributed by atoms with E-state index in [1.165, 1.54) is 19.1 Å². The molecule has 0 bridgehead atoms. The monoisotopic (exact) mass is 231 g/mol. The Balaban J connectivity index is 2.58. The van der Waals surface area contributed by atoms with Gasteiger partial charge in [-0.25, -0.2) is 4.39 Å². The molecule has 2 N–H and O–H groups in total. The molecule has 0 fully saturated rings. The van der Waals surface area contributed by atoms with Crippen molar-refractivity contribution in [2.45, 2.75) is 19.5 Å². The number of aliphatic carboxylic acids is 1. The third-order valence-corrected chi connectivity index (χ3v) is 2.26. The van der Waals surface area contributed by atoms with E-state index in [0.29, 0.717) is 6.54 Å². The third kappa shape index (κ3) is 3.49. The molecule has 15 heavy (non-hydrogen) atoms. The second-order valence-electron chi connectivity index (χ2n) is 3.19. The Kier molecular flexibility index (Phi) is 4.05. The summed E-state index contributed by atoms with van der Waals surface area (Å²) in [6.07, 6.45) is 0. The van der Waals surface area contributed by atoms with E-state index in [1.807, 2.05) is 0 Å². The summed E-state index contributed by atoms with van der Waals surface area (Å²) in [5.41, 5.74) is 0.745. The summed E-state index contributed by atoms with van der Waals surface area (Å²) >= 11 is 5.57. The van der Waals surface area contributed by atoms with Crippen molar-refractivity contribution in [2.75, 3.05) is 0 Å². The van der Waals surface area contributed by atoms with Crippen molar-refractivity contribution in [1.82, 2.24) is 5.32 Å². The molecule has 0 heterocycles. The van der Waals surface area contributed by atoms with E-state index in [1.54, 1.807) is 6.07 Å². The van der Waals surface area contributed by atoms with Gasteiger partial charge >= 0.3 is 5.97 Å². The molecule has 1 rings (SSSR count). The number of carboxylic acid groups (broad SMARTS) is 1. The van der Waals surface area contributed by atoms with Crippen LogP contribution in [0.4, 0.5) is 4.39 Å². The Morgan fingerprint density at radius 1 is 1.67 bits per heavy atom. The molecule has 0 aliphatic carbocycles. The molecule has 82 valence electrons. The van der Waals surface area contributed by atoms with Crippen LogP contribution in [-0.2, 0) is 11.3 Å². The second kappa shape index (κ2) is 5.09. The van der Waals surface area contributed by atoms with Crippen LogP contribution in [0, 0.1) is 5.82 Å². The van der Waals surface area contributed by atoms with E-state index in [9.17, 15) is 9.18 Å². The maximum Gasteiger partial charge on any atom is 0.320 e. The molecule has 3 nitrogen and oxygen atoms in total. The van der Waals surface area contributed by atoms with Crippen molar-refractivity contribution in [3.63, 3.8) is 0 Å². The zero-order chi connectivity index (χ0) is 11.4. The molecule has 1 unspecified atom stereocenters. The summed E-state index contributed by atoms with van der Waals surface area (Å²) in [6.45, 7) is 1.88. The van der Waals surface area contributed by atoms with Crippen LogP contribution in [0.5, 0.6) is 0 Å². The number of hydrogen-bond acceptors (Lipinski definition) is 2. The Morgan fingerprint density at radius 2 is 2.33 bits per heavy atom. The van der Waals surface area contributed by atoms with Gasteiger partial charge in [-0.05, 0) is 24.6 Å². The van der Waals surface area contributed by atoms with E-state index in [4.69, 9.17) is 16.7 Å². The molecule has 0 saturated heterocycles. The van der Waals surface area contributed by atoms with Crippen LogP contribution in [0.1, 0.15) is 12.5 Å². The second-order valence-corrected chi connectivity index (χ2v) is 3.60. The quantitative estimate of drug-likeness (QED) is 0.834. The Hall–Kier alpha value is -1.13. The van der Waals surface area contributed by atoms with Gasteiger partial charge in [0.2, 0.25) is 0 Å². The van der Waals surface area contributed by atoms with Crippen LogP contribution in [0.3, 0.4) is 0 Å². The molecule has 0 radical (unpaired) electrons. The van der Waals surface area contributed by atoms with Gasteiger partial charge in [0.25, 0.3) is 0 Å². The van der Waals surface area contributed by atoms with E-state index in [2.05, 4.69) is 5.32 Å². The molecule has 0 aliphatic rings. The lowest BCUT2D eigenvalue weighted by molar-refractivity contribution is -0.139. The Bertz CT molecular complexity index is 370. The number of carboxylic acids is 1. The van der Waals surface area contributed by atoms with Gasteiger partial charge in [0, 0.05) is 6.54 Å². The standard InChI is InChI=1S/C10H11ClFNO2/c1-6(10(14)15)13-5-7-2-3-9(12)8(11)4-7/h2-4,6,13H,5H2,1H3,(H,14,15). The smallest absolute Gasteiger partial charge is 0.320 e. The fourth-order valence-corrected chi connectivity index (χ4v) is 1.21. The molecule has 1 aromatic rings. The highest BCUT2D eigenvalue weighted by Gasteiger charge is 2.09. The molecule has 5 heteroatoms. The van der Waals surface area contributed by atoms with Crippen molar-refractivity contribution in [3.05, 3.63) is 34.6 Å². The summed E-state index contributed by atoms with van der Waals surface area (Å²) in [5.74, 6) is -1.41. The number of nitrogens with one attached hydrogen (secondary N) is 1. The van der Waals surface area contributed by atoms with Gasteiger partial charge in [-0.3, -0.25) is 4.79 Å². The zero-order valence-electron chi connectivity index (χ0n) is 8.13. The van der Waals surface area contributed by atoms with Crippen LogP contribution >= 0.6 is 11.6 Å². The first-order valence-corrected chi connectivity index (χ1v) is 4.78. The minimum absolute atomic E-state index is 0.0391. The van der Waals surface area contributed by atoms with E-state index < -0.39 is 17.8 Å². The summed E-state index contributed by atoms with van der Waals surface area (Å²) in [4.78, 5) is 10.5. The topological polar surface area (TPSA) is 49.3 Å². The fourth-order valence-electron chi connectivity index (χ4n) is 1.01. The van der Waals surface area contributed by atoms with Crippen molar-refractivity contribution in [3.8, 4) is 0 Å². The summed E-state index contributed by atoms with van der Waals surface area (Å²) < 4.78 is 12.8. The lowest BCUT2D eigenvalue weighted by atomic mass is 10.2. The molecule has 0 amide bonds. The van der Waals surface area contributed by atoms with Crippen molar-refractivity contribution < 1.29 is 14.3 Å². The summed E-state index contributed by atoms with van der Waals surface area (Å²) in [6, 6.07) is 3.64. The van der Waals surface area contributed by atoms with Crippen molar-refractivity contribution in [2.24, 2.45) is 0 Å². The number of benzene rings is 1. The maximum absolute atomic E-state index is 12.8. The van der Waals surface area contributed by atoms with Crippen molar-refractivity contribution in [1.29, 1.82) is 0 Å². The van der Waals surface area contributed by atoms with Crippen LogP contribution < -0.4 is 5.32 Å². The van der Waals surface area contributed by atoms with Crippen molar-refractivity contribution >= 4 is 17.6 Å². The first kappa shape index (κ1) is 11.9. The first-order valence-electron chi connectivity index (χ1n) is 4.41. The third-order valence-electron chi connectivity index (χ3n) is 1.97. The van der Waals surface area contributed by atoms with Gasteiger partial charge < -0.3 is 10.4 Å². The highest BCUT2D eigenvalue weighted by Crippen LogP contribution is 2.15. The van der Waals surface area contributed by atoms with Gasteiger partial charge in [0.15, 0.2) is 0 Å². The van der Waals surface area contributed by atoms with Gasteiger partial charge in [-0.15, -0.1) is 0 Å². The SMILES string of the molecule is CC(NCc1ccc(F)c(Cl)c1)C(=O)O. The summed E-state index contributed by atoms with van der Waals surface area (Å²) in [7, 11) is 0. The van der Waals surface area contributed by atoms with E-state index in [0.717, 1.165) is 5.56 Å². The molecular formula is C10H11ClFNO2. The number of carbonyl (C=O) groups is 1. The molecule has 0 aliphatic heterocycles. The molecule has 1 atom stereocenters. The fraction of sp³-hybridized carbons (Fsp3) is 0.300. The van der Waals surface area contributed by atoms with Crippen LogP contribution in [0.25, 0.3) is 0 Å². The molecule has 0 saturated carbocycles. The van der Waals surface area contributed by atoms with E-state index >= 15 is 0 Å². The minimum Gasteiger partial charge on any atom is -0.480 e. The highest BCUT2D eigenvalue weighted by atomic mass is 35.5. The number of halogens is 2. The highest BCUT2D eigenvalue weighted by molar-refractivity contribution is 6.30. The predicted octanol–water partition coefficient (Wildman–Crippen LogP) is 2.04. The average Bonchev–Trinajstić information content (AvgIpc) is 2.19. The molecule has 0 spiro atoms. The Labute approximate surface area is 91.9 Å². The molecular weight excluding hydrogens is 221 g/mol. The van der Waals surface area contributed by atoms with Crippen LogP contribution in [0.15, 0.2) is 18.2 Å². The lowest BCUT2D eigenvalue weighted by Crippen LogP contribution is -2.33. The predicted molar refractivity (Wildman–Crippen MR) is 55.3 cm³/mol. The van der Waals surface area contributed by atoms with Crippen LogP contribution in [-0.4, -0.2) is 17.1 Å². The minimum atomic E-state index is -0.928. The number of hydrogen-bond donors (Lipinski definition) is 2. The average molecular weight is 232 g/mol. The van der Waals surface area contributed by atoms with Crippen LogP contribution in [0.2, 0.25) is 5.02 Å². The van der Waals surface area contributed by atoms with Gasteiger partial charge in [-0.1, -0.05) is 17.7 Å².